The molecular weight excluding hydrogens is 364 g/mol. The summed E-state index contributed by atoms with van der Waals surface area (Å²) < 4.78 is 1.84. The van der Waals surface area contributed by atoms with Crippen LogP contribution in [0.1, 0.15) is 22.8 Å². The van der Waals surface area contributed by atoms with Gasteiger partial charge in [0.1, 0.15) is 0 Å². The van der Waals surface area contributed by atoms with Crippen LogP contribution in [0.2, 0.25) is 0 Å². The molecule has 7 heteroatoms. The van der Waals surface area contributed by atoms with Crippen LogP contribution in [-0.4, -0.2) is 32.6 Å². The van der Waals surface area contributed by atoms with Gasteiger partial charge in [-0.1, -0.05) is 6.07 Å². The zero-order valence-corrected chi connectivity index (χ0v) is 16.2. The van der Waals surface area contributed by atoms with Gasteiger partial charge in [0, 0.05) is 20.1 Å². The highest BCUT2D eigenvalue weighted by atomic mass is 32.1. The largest absolute Gasteiger partial charge is 0.337 e. The summed E-state index contributed by atoms with van der Waals surface area (Å²) in [6, 6.07) is 7.95. The van der Waals surface area contributed by atoms with Gasteiger partial charge in [0.2, 0.25) is 0 Å². The normalized spacial score (nSPS) is 11.2. The first-order chi connectivity index (χ1) is 12.7. The van der Waals surface area contributed by atoms with Crippen molar-refractivity contribution in [1.82, 2.24) is 19.7 Å². The van der Waals surface area contributed by atoms with Crippen molar-refractivity contribution in [3.05, 3.63) is 57.7 Å². The molecule has 0 N–H and O–H groups in total. The molecule has 4 rings (SSSR count). The quantitative estimate of drug-likeness (QED) is 0.510. The third-order valence-corrected chi connectivity index (χ3v) is 5.88. The smallest absolute Gasteiger partial charge is 0.254 e. The van der Waals surface area contributed by atoms with Crippen LogP contribution >= 0.6 is 22.7 Å². The first kappa shape index (κ1) is 16.9. The highest BCUT2D eigenvalue weighted by molar-refractivity contribution is 7.13. The van der Waals surface area contributed by atoms with Crippen molar-refractivity contribution < 1.29 is 4.79 Å². The number of aromatic nitrogens is 3. The van der Waals surface area contributed by atoms with Gasteiger partial charge in [-0.2, -0.15) is 16.4 Å². The third-order valence-electron chi connectivity index (χ3n) is 4.26. The fourth-order valence-electron chi connectivity index (χ4n) is 2.94. The van der Waals surface area contributed by atoms with Crippen LogP contribution in [0, 0.1) is 0 Å². The van der Waals surface area contributed by atoms with E-state index in [0.29, 0.717) is 18.7 Å². The number of fused-ring (bicyclic) bond motifs is 1. The number of carbonyl (C=O) groups excluding carboxylic acids is 1. The minimum absolute atomic E-state index is 0.0166. The molecule has 5 nitrogen and oxygen atoms in total. The number of hydrogen-bond donors (Lipinski definition) is 0. The van der Waals surface area contributed by atoms with Gasteiger partial charge < -0.3 is 4.90 Å². The Balaban J connectivity index is 1.79. The van der Waals surface area contributed by atoms with Crippen LogP contribution in [0.3, 0.4) is 0 Å². The highest BCUT2D eigenvalue weighted by Gasteiger charge is 2.20. The summed E-state index contributed by atoms with van der Waals surface area (Å²) in [5.74, 6) is -0.0166. The Kier molecular flexibility index (Phi) is 4.57. The lowest BCUT2D eigenvalue weighted by Crippen LogP contribution is -2.26. The molecule has 0 atom stereocenters. The van der Waals surface area contributed by atoms with E-state index in [2.05, 4.69) is 10.5 Å². The molecule has 0 aromatic carbocycles. The average Bonchev–Trinajstić information content (AvgIpc) is 3.40. The molecule has 132 valence electrons. The van der Waals surface area contributed by atoms with E-state index in [9.17, 15) is 4.79 Å². The summed E-state index contributed by atoms with van der Waals surface area (Å²) >= 11 is 3.26. The summed E-state index contributed by atoms with van der Waals surface area (Å²) in [7, 11) is 1.83. The van der Waals surface area contributed by atoms with E-state index in [1.54, 1.807) is 33.8 Å². The predicted octanol–water partition coefficient (Wildman–Crippen LogP) is 4.51. The molecule has 4 aromatic heterocycles. The lowest BCUT2D eigenvalue weighted by Gasteiger charge is -2.17. The number of aryl methyl sites for hydroxylation is 1. The molecule has 4 heterocycles. The van der Waals surface area contributed by atoms with Gasteiger partial charge in [0.25, 0.3) is 5.91 Å². The first-order valence-electron chi connectivity index (χ1n) is 8.34. The monoisotopic (exact) mass is 382 g/mol. The van der Waals surface area contributed by atoms with Crippen molar-refractivity contribution in [2.24, 2.45) is 0 Å². The second kappa shape index (κ2) is 7.01. The molecule has 0 aliphatic rings. The topological polar surface area (TPSA) is 51.0 Å². The fraction of sp³-hybridized carbons (Fsp3) is 0.211. The van der Waals surface area contributed by atoms with Gasteiger partial charge in [0.05, 0.1) is 27.7 Å². The Morgan fingerprint density at radius 1 is 1.31 bits per heavy atom. The van der Waals surface area contributed by atoms with E-state index >= 15 is 0 Å². The van der Waals surface area contributed by atoms with Gasteiger partial charge in [-0.05, 0) is 46.8 Å². The zero-order chi connectivity index (χ0) is 18.1. The Morgan fingerprint density at radius 3 is 2.88 bits per heavy atom. The third kappa shape index (κ3) is 3.04. The number of amides is 1. The Labute approximate surface area is 159 Å². The molecule has 0 aliphatic carbocycles. The highest BCUT2D eigenvalue weighted by Crippen LogP contribution is 2.28. The maximum atomic E-state index is 13.2. The Morgan fingerprint density at radius 2 is 2.19 bits per heavy atom. The van der Waals surface area contributed by atoms with Gasteiger partial charge in [0.15, 0.2) is 5.65 Å². The van der Waals surface area contributed by atoms with Crippen molar-refractivity contribution in [3.8, 4) is 10.6 Å². The maximum absolute atomic E-state index is 13.2. The number of nitrogens with zero attached hydrogens (tertiary/aromatic N) is 4. The van der Waals surface area contributed by atoms with E-state index in [4.69, 9.17) is 4.98 Å². The van der Waals surface area contributed by atoms with Crippen LogP contribution in [0.25, 0.3) is 21.6 Å². The van der Waals surface area contributed by atoms with Crippen LogP contribution in [0.4, 0.5) is 0 Å². The van der Waals surface area contributed by atoms with Crippen LogP contribution in [0.15, 0.2) is 46.6 Å². The minimum atomic E-state index is -0.0166. The van der Waals surface area contributed by atoms with E-state index in [0.717, 1.165) is 27.2 Å². The van der Waals surface area contributed by atoms with Crippen molar-refractivity contribution in [2.45, 2.75) is 20.0 Å². The van der Waals surface area contributed by atoms with Crippen molar-refractivity contribution >= 4 is 39.6 Å². The summed E-state index contributed by atoms with van der Waals surface area (Å²) in [5.41, 5.74) is 3.36. The van der Waals surface area contributed by atoms with Gasteiger partial charge >= 0.3 is 0 Å². The predicted molar refractivity (Wildman–Crippen MR) is 107 cm³/mol. The van der Waals surface area contributed by atoms with E-state index in [-0.39, 0.29) is 5.91 Å². The lowest BCUT2D eigenvalue weighted by atomic mass is 10.1. The second-order valence-electron chi connectivity index (χ2n) is 6.02. The van der Waals surface area contributed by atoms with E-state index < -0.39 is 0 Å². The average molecular weight is 383 g/mol. The van der Waals surface area contributed by atoms with Crippen molar-refractivity contribution in [1.29, 1.82) is 0 Å². The zero-order valence-electron chi connectivity index (χ0n) is 14.5. The molecule has 26 heavy (non-hydrogen) atoms. The number of rotatable bonds is 5. The summed E-state index contributed by atoms with van der Waals surface area (Å²) in [6.07, 6.45) is 1.75. The van der Waals surface area contributed by atoms with Gasteiger partial charge in [-0.25, -0.2) is 9.67 Å². The number of carbonyl (C=O) groups is 1. The van der Waals surface area contributed by atoms with Crippen LogP contribution < -0.4 is 0 Å². The molecule has 0 aliphatic heterocycles. The molecule has 0 bridgehead atoms. The number of pyridine rings is 1. The molecule has 4 aromatic rings. The van der Waals surface area contributed by atoms with Crippen LogP contribution in [-0.2, 0) is 13.1 Å². The maximum Gasteiger partial charge on any atom is 0.254 e. The number of thiophene rings is 2. The molecule has 0 radical (unpaired) electrons. The molecule has 0 saturated heterocycles. The fourth-order valence-corrected chi connectivity index (χ4v) is 4.29. The minimum Gasteiger partial charge on any atom is -0.337 e. The molecule has 0 fully saturated rings. The Hall–Kier alpha value is -2.51. The summed E-state index contributed by atoms with van der Waals surface area (Å²) in [4.78, 5) is 20.7. The molecule has 0 unspecified atom stereocenters. The van der Waals surface area contributed by atoms with Crippen molar-refractivity contribution in [3.63, 3.8) is 0 Å². The van der Waals surface area contributed by atoms with Crippen LogP contribution in [0.5, 0.6) is 0 Å². The number of hydrogen-bond acceptors (Lipinski definition) is 5. The molecule has 0 spiro atoms. The van der Waals surface area contributed by atoms with Gasteiger partial charge in [-0.15, -0.1) is 11.3 Å². The molecule has 1 amide bonds. The Bertz CT molecular complexity index is 1040. The summed E-state index contributed by atoms with van der Waals surface area (Å²) in [6.45, 7) is 3.32. The van der Waals surface area contributed by atoms with Gasteiger partial charge in [-0.3, -0.25) is 4.79 Å². The standard InChI is InChI=1S/C19H18N4OS2/c1-3-23-18-15(10-20-23)14(9-16(21-18)17-5-4-7-26-17)19(24)22(2)11-13-6-8-25-12-13/h4-10,12H,3,11H2,1-2H3. The SMILES string of the molecule is CCn1ncc2c(C(=O)N(C)Cc3ccsc3)cc(-c3cccs3)nc21. The first-order valence-corrected chi connectivity index (χ1v) is 10.2. The lowest BCUT2D eigenvalue weighted by molar-refractivity contribution is 0.0787. The van der Waals surface area contributed by atoms with Crippen molar-refractivity contribution in [2.75, 3.05) is 7.05 Å². The van der Waals surface area contributed by atoms with E-state index in [1.807, 2.05) is 53.7 Å². The molecular formula is C19H18N4OS2. The summed E-state index contributed by atoms with van der Waals surface area (Å²) in [5, 5.41) is 11.3. The second-order valence-corrected chi connectivity index (χ2v) is 7.75. The van der Waals surface area contributed by atoms with E-state index in [1.165, 1.54) is 0 Å². The molecule has 0 saturated carbocycles.